The van der Waals surface area contributed by atoms with Gasteiger partial charge in [0.2, 0.25) is 5.88 Å². The molecule has 0 aromatic carbocycles. The lowest BCUT2D eigenvalue weighted by molar-refractivity contribution is 0.298. The number of nitrogen functional groups attached to an aromatic ring is 1. The number of nitrogens with one attached hydrogen (secondary N) is 1. The van der Waals surface area contributed by atoms with Crippen LogP contribution in [0.3, 0.4) is 0 Å². The standard InChI is InChI=1S/C14H26N4O/c1-4-6-8-9-16-13-12(15)14(18-11(3)17-13)19-10-7-5-2/h4-10,15H2,1-3H3,(H,16,17,18). The van der Waals surface area contributed by atoms with E-state index in [0.29, 0.717) is 29.8 Å². The van der Waals surface area contributed by atoms with Crippen LogP contribution in [0.2, 0.25) is 0 Å². The van der Waals surface area contributed by atoms with Gasteiger partial charge in [-0.25, -0.2) is 4.98 Å². The van der Waals surface area contributed by atoms with Crippen molar-refractivity contribution >= 4 is 11.5 Å². The van der Waals surface area contributed by atoms with Gasteiger partial charge in [0.05, 0.1) is 6.61 Å². The summed E-state index contributed by atoms with van der Waals surface area (Å²) in [6, 6.07) is 0. The van der Waals surface area contributed by atoms with E-state index in [0.717, 1.165) is 25.8 Å². The summed E-state index contributed by atoms with van der Waals surface area (Å²) in [5, 5.41) is 3.26. The molecular formula is C14H26N4O. The minimum Gasteiger partial charge on any atom is -0.476 e. The molecule has 0 fully saturated rings. The smallest absolute Gasteiger partial charge is 0.242 e. The van der Waals surface area contributed by atoms with Crippen molar-refractivity contribution in [3.05, 3.63) is 5.82 Å². The predicted octanol–water partition coefficient (Wildman–Crippen LogP) is 3.15. The van der Waals surface area contributed by atoms with Gasteiger partial charge < -0.3 is 15.8 Å². The van der Waals surface area contributed by atoms with Crippen molar-refractivity contribution in [1.29, 1.82) is 0 Å². The van der Waals surface area contributed by atoms with E-state index < -0.39 is 0 Å². The summed E-state index contributed by atoms with van der Waals surface area (Å²) in [7, 11) is 0. The Hall–Kier alpha value is -1.52. The van der Waals surface area contributed by atoms with Gasteiger partial charge in [0.25, 0.3) is 0 Å². The Morgan fingerprint density at radius 3 is 2.53 bits per heavy atom. The van der Waals surface area contributed by atoms with E-state index in [1.54, 1.807) is 0 Å². The van der Waals surface area contributed by atoms with Crippen molar-refractivity contribution in [1.82, 2.24) is 9.97 Å². The van der Waals surface area contributed by atoms with Crippen molar-refractivity contribution in [2.75, 3.05) is 24.2 Å². The molecule has 1 rings (SSSR count). The van der Waals surface area contributed by atoms with Crippen molar-refractivity contribution in [2.45, 2.75) is 52.9 Å². The van der Waals surface area contributed by atoms with Gasteiger partial charge in [-0.15, -0.1) is 0 Å². The number of hydrogen-bond donors (Lipinski definition) is 2. The monoisotopic (exact) mass is 266 g/mol. The normalized spacial score (nSPS) is 10.5. The molecule has 0 bridgehead atoms. The number of aryl methyl sites for hydroxylation is 1. The molecule has 0 saturated carbocycles. The lowest BCUT2D eigenvalue weighted by Gasteiger charge is -2.13. The first-order chi connectivity index (χ1) is 9.19. The molecule has 0 atom stereocenters. The van der Waals surface area contributed by atoms with Crippen molar-refractivity contribution < 1.29 is 4.74 Å². The Morgan fingerprint density at radius 2 is 1.84 bits per heavy atom. The van der Waals surface area contributed by atoms with Gasteiger partial charge >= 0.3 is 0 Å². The van der Waals surface area contributed by atoms with Crippen LogP contribution in [0.15, 0.2) is 0 Å². The average molecular weight is 266 g/mol. The number of anilines is 2. The summed E-state index contributed by atoms with van der Waals surface area (Å²) in [6.45, 7) is 7.68. The maximum Gasteiger partial charge on any atom is 0.242 e. The van der Waals surface area contributed by atoms with Gasteiger partial charge in [-0.3, -0.25) is 0 Å². The Kier molecular flexibility index (Phi) is 7.00. The van der Waals surface area contributed by atoms with Crippen LogP contribution in [0, 0.1) is 6.92 Å². The highest BCUT2D eigenvalue weighted by molar-refractivity contribution is 5.66. The van der Waals surface area contributed by atoms with E-state index in [1.807, 2.05) is 6.92 Å². The topological polar surface area (TPSA) is 73.1 Å². The van der Waals surface area contributed by atoms with Gasteiger partial charge in [0.15, 0.2) is 5.82 Å². The maximum absolute atomic E-state index is 6.04. The minimum absolute atomic E-state index is 0.499. The molecular weight excluding hydrogens is 240 g/mol. The van der Waals surface area contributed by atoms with Gasteiger partial charge in [0, 0.05) is 6.54 Å². The lowest BCUT2D eigenvalue weighted by Crippen LogP contribution is -2.11. The Balaban J connectivity index is 2.64. The number of ether oxygens (including phenoxy) is 1. The van der Waals surface area contributed by atoms with Gasteiger partial charge in [-0.1, -0.05) is 33.1 Å². The third-order valence-corrected chi connectivity index (χ3v) is 2.83. The Morgan fingerprint density at radius 1 is 1.11 bits per heavy atom. The number of aromatic nitrogens is 2. The average Bonchev–Trinajstić information content (AvgIpc) is 2.39. The van der Waals surface area contributed by atoms with Crippen LogP contribution in [0.5, 0.6) is 5.88 Å². The molecule has 1 aromatic heterocycles. The van der Waals surface area contributed by atoms with Gasteiger partial charge in [-0.05, 0) is 19.8 Å². The molecule has 5 heteroatoms. The van der Waals surface area contributed by atoms with Crippen molar-refractivity contribution in [3.8, 4) is 5.88 Å². The Labute approximate surface area is 116 Å². The molecule has 0 aliphatic rings. The third kappa shape index (κ3) is 5.32. The SMILES string of the molecule is CCCCCNc1nc(C)nc(OCCCC)c1N. The number of rotatable bonds is 9. The minimum atomic E-state index is 0.499. The number of nitrogens with zero attached hydrogens (tertiary/aromatic N) is 2. The highest BCUT2D eigenvalue weighted by Gasteiger charge is 2.10. The van der Waals surface area contributed by atoms with Crippen molar-refractivity contribution in [3.63, 3.8) is 0 Å². The molecule has 5 nitrogen and oxygen atoms in total. The molecule has 19 heavy (non-hydrogen) atoms. The molecule has 0 amide bonds. The second-order valence-electron chi connectivity index (χ2n) is 4.67. The van der Waals surface area contributed by atoms with Gasteiger partial charge in [0.1, 0.15) is 11.5 Å². The van der Waals surface area contributed by atoms with Crippen LogP contribution in [0.25, 0.3) is 0 Å². The number of unbranched alkanes of at least 4 members (excludes halogenated alkanes) is 3. The molecule has 1 heterocycles. The fourth-order valence-electron chi connectivity index (χ4n) is 1.70. The summed E-state index contributed by atoms with van der Waals surface area (Å²) in [5.74, 6) is 1.87. The molecule has 1 aromatic rings. The molecule has 0 spiro atoms. The first-order valence-corrected chi connectivity index (χ1v) is 7.19. The first-order valence-electron chi connectivity index (χ1n) is 7.19. The van der Waals surface area contributed by atoms with Gasteiger partial charge in [-0.2, -0.15) is 4.98 Å². The van der Waals surface area contributed by atoms with Crippen LogP contribution >= 0.6 is 0 Å². The second-order valence-corrected chi connectivity index (χ2v) is 4.67. The van der Waals surface area contributed by atoms with E-state index in [-0.39, 0.29) is 0 Å². The van der Waals surface area contributed by atoms with Crippen LogP contribution in [0.1, 0.15) is 51.8 Å². The maximum atomic E-state index is 6.04. The summed E-state index contributed by atoms with van der Waals surface area (Å²) in [4.78, 5) is 8.58. The van der Waals surface area contributed by atoms with E-state index in [2.05, 4.69) is 29.1 Å². The fourth-order valence-corrected chi connectivity index (χ4v) is 1.70. The zero-order valence-corrected chi connectivity index (χ0v) is 12.3. The van der Waals surface area contributed by atoms with Crippen molar-refractivity contribution in [2.24, 2.45) is 0 Å². The molecule has 108 valence electrons. The summed E-state index contributed by atoms with van der Waals surface area (Å²) >= 11 is 0. The molecule has 0 unspecified atom stereocenters. The van der Waals surface area contributed by atoms with E-state index in [1.165, 1.54) is 12.8 Å². The summed E-state index contributed by atoms with van der Waals surface area (Å²) in [6.07, 6.45) is 5.61. The third-order valence-electron chi connectivity index (χ3n) is 2.83. The summed E-state index contributed by atoms with van der Waals surface area (Å²) in [5.41, 5.74) is 6.55. The largest absolute Gasteiger partial charge is 0.476 e. The molecule has 0 aliphatic carbocycles. The number of hydrogen-bond acceptors (Lipinski definition) is 5. The van der Waals surface area contributed by atoms with E-state index in [4.69, 9.17) is 10.5 Å². The molecule has 0 aliphatic heterocycles. The first kappa shape index (κ1) is 15.5. The highest BCUT2D eigenvalue weighted by atomic mass is 16.5. The van der Waals surface area contributed by atoms with Crippen LogP contribution in [-0.2, 0) is 0 Å². The summed E-state index contributed by atoms with van der Waals surface area (Å²) < 4.78 is 5.61. The number of nitrogens with two attached hydrogens (primary N) is 1. The lowest BCUT2D eigenvalue weighted by atomic mass is 10.2. The fraction of sp³-hybridized carbons (Fsp3) is 0.714. The highest BCUT2D eigenvalue weighted by Crippen LogP contribution is 2.26. The molecule has 3 N–H and O–H groups in total. The Bertz CT molecular complexity index is 382. The molecule has 0 radical (unpaired) electrons. The van der Waals surface area contributed by atoms with Crippen LogP contribution in [0.4, 0.5) is 11.5 Å². The molecule has 0 saturated heterocycles. The van der Waals surface area contributed by atoms with E-state index >= 15 is 0 Å². The second kappa shape index (κ2) is 8.56. The zero-order valence-electron chi connectivity index (χ0n) is 12.3. The quantitative estimate of drug-likeness (QED) is 0.672. The van der Waals surface area contributed by atoms with E-state index in [9.17, 15) is 0 Å². The van der Waals surface area contributed by atoms with Crippen LogP contribution in [-0.4, -0.2) is 23.1 Å². The zero-order chi connectivity index (χ0) is 14.1. The predicted molar refractivity (Wildman–Crippen MR) is 79.6 cm³/mol. The van der Waals surface area contributed by atoms with Crippen LogP contribution < -0.4 is 15.8 Å².